The highest BCUT2D eigenvalue weighted by Crippen LogP contribution is 2.52. The third-order valence-electron chi connectivity index (χ3n) is 4.14. The third-order valence-corrected chi connectivity index (χ3v) is 4.14. The SMILES string of the molecule is CC1(C)C=C2C3=C(C(=O)OC3)C(C)(O)CC2C1. The third kappa shape index (κ3) is 1.48. The highest BCUT2D eigenvalue weighted by molar-refractivity contribution is 5.95. The van der Waals surface area contributed by atoms with Gasteiger partial charge in [0.1, 0.15) is 6.61 Å². The van der Waals surface area contributed by atoms with Crippen LogP contribution in [0.4, 0.5) is 0 Å². The predicted molar refractivity (Wildman–Crippen MR) is 63.2 cm³/mol. The van der Waals surface area contributed by atoms with Gasteiger partial charge in [-0.2, -0.15) is 0 Å². The Balaban J connectivity index is 2.14. The number of fused-ring (bicyclic) bond motifs is 2. The van der Waals surface area contributed by atoms with Gasteiger partial charge in [0.25, 0.3) is 0 Å². The molecule has 0 aromatic rings. The molecule has 0 spiro atoms. The van der Waals surface area contributed by atoms with Crippen LogP contribution in [0.15, 0.2) is 22.8 Å². The van der Waals surface area contributed by atoms with Crippen LogP contribution < -0.4 is 0 Å². The maximum Gasteiger partial charge on any atom is 0.337 e. The fraction of sp³-hybridized carbons (Fsp3) is 0.643. The van der Waals surface area contributed by atoms with Gasteiger partial charge in [0.15, 0.2) is 0 Å². The quantitative estimate of drug-likeness (QED) is 0.652. The van der Waals surface area contributed by atoms with Crippen molar-refractivity contribution in [2.45, 2.75) is 39.2 Å². The van der Waals surface area contributed by atoms with Crippen molar-refractivity contribution in [3.05, 3.63) is 22.8 Å². The Bertz CT molecular complexity index is 466. The fourth-order valence-corrected chi connectivity index (χ4v) is 3.62. The van der Waals surface area contributed by atoms with Crippen LogP contribution in [0, 0.1) is 11.3 Å². The Morgan fingerprint density at radius 2 is 2.06 bits per heavy atom. The van der Waals surface area contributed by atoms with Gasteiger partial charge in [-0.05, 0) is 36.7 Å². The van der Waals surface area contributed by atoms with Crippen LogP contribution in [-0.2, 0) is 9.53 Å². The zero-order valence-corrected chi connectivity index (χ0v) is 10.5. The molecule has 0 fully saturated rings. The van der Waals surface area contributed by atoms with E-state index in [2.05, 4.69) is 19.9 Å². The average Bonchev–Trinajstić information content (AvgIpc) is 2.65. The van der Waals surface area contributed by atoms with Gasteiger partial charge in [0, 0.05) is 5.57 Å². The smallest absolute Gasteiger partial charge is 0.337 e. The van der Waals surface area contributed by atoms with E-state index in [1.165, 1.54) is 5.57 Å². The van der Waals surface area contributed by atoms with Gasteiger partial charge in [-0.25, -0.2) is 4.79 Å². The lowest BCUT2D eigenvalue weighted by Gasteiger charge is -2.34. The largest absolute Gasteiger partial charge is 0.457 e. The lowest BCUT2D eigenvalue weighted by molar-refractivity contribution is -0.138. The number of cyclic esters (lactones) is 1. The first-order valence-electron chi connectivity index (χ1n) is 6.16. The second kappa shape index (κ2) is 3.02. The fourth-order valence-electron chi connectivity index (χ4n) is 3.62. The van der Waals surface area contributed by atoms with Crippen molar-refractivity contribution in [2.75, 3.05) is 6.61 Å². The van der Waals surface area contributed by atoms with Crippen LogP contribution in [0.2, 0.25) is 0 Å². The zero-order valence-electron chi connectivity index (χ0n) is 10.5. The van der Waals surface area contributed by atoms with Crippen molar-refractivity contribution in [2.24, 2.45) is 11.3 Å². The van der Waals surface area contributed by atoms with Crippen LogP contribution >= 0.6 is 0 Å². The van der Waals surface area contributed by atoms with Crippen LogP contribution in [0.25, 0.3) is 0 Å². The molecule has 2 aliphatic carbocycles. The van der Waals surface area contributed by atoms with Crippen molar-refractivity contribution in [3.8, 4) is 0 Å². The molecule has 0 saturated carbocycles. The summed E-state index contributed by atoms with van der Waals surface area (Å²) >= 11 is 0. The van der Waals surface area contributed by atoms with E-state index in [1.807, 2.05) is 0 Å². The summed E-state index contributed by atoms with van der Waals surface area (Å²) in [5.74, 6) is 0.0299. The normalized spacial score (nSPS) is 38.7. The molecule has 3 nitrogen and oxygen atoms in total. The molecule has 0 amide bonds. The average molecular weight is 234 g/mol. The molecule has 0 aromatic heterocycles. The Labute approximate surface area is 101 Å². The molecule has 92 valence electrons. The lowest BCUT2D eigenvalue weighted by Crippen LogP contribution is -2.37. The van der Waals surface area contributed by atoms with E-state index in [0.29, 0.717) is 24.5 Å². The molecule has 0 aromatic carbocycles. The Hall–Kier alpha value is -1.09. The first-order chi connectivity index (χ1) is 7.80. The van der Waals surface area contributed by atoms with Crippen molar-refractivity contribution < 1.29 is 14.6 Å². The van der Waals surface area contributed by atoms with E-state index < -0.39 is 5.60 Å². The van der Waals surface area contributed by atoms with Crippen LogP contribution in [0.1, 0.15) is 33.6 Å². The van der Waals surface area contributed by atoms with Gasteiger partial charge in [0.2, 0.25) is 0 Å². The second-order valence-electron chi connectivity index (χ2n) is 6.40. The van der Waals surface area contributed by atoms with E-state index in [-0.39, 0.29) is 11.4 Å². The summed E-state index contributed by atoms with van der Waals surface area (Å²) < 4.78 is 5.10. The maximum absolute atomic E-state index is 11.7. The number of allylic oxidation sites excluding steroid dienone is 1. The Kier molecular flexibility index (Phi) is 1.96. The van der Waals surface area contributed by atoms with Gasteiger partial charge >= 0.3 is 5.97 Å². The number of rotatable bonds is 0. The minimum atomic E-state index is -1.02. The molecule has 3 heteroatoms. The molecule has 1 N–H and O–H groups in total. The summed E-state index contributed by atoms with van der Waals surface area (Å²) in [5.41, 5.74) is 1.82. The highest BCUT2D eigenvalue weighted by Gasteiger charge is 2.49. The summed E-state index contributed by atoms with van der Waals surface area (Å²) in [6.07, 6.45) is 3.93. The lowest BCUT2D eigenvalue weighted by atomic mass is 9.73. The van der Waals surface area contributed by atoms with E-state index >= 15 is 0 Å². The van der Waals surface area contributed by atoms with Crippen molar-refractivity contribution >= 4 is 5.97 Å². The summed E-state index contributed by atoms with van der Waals surface area (Å²) in [4.78, 5) is 11.7. The molecule has 3 rings (SSSR count). The molecule has 2 unspecified atom stereocenters. The van der Waals surface area contributed by atoms with Gasteiger partial charge in [-0.3, -0.25) is 0 Å². The molecular formula is C14H18O3. The number of aliphatic hydroxyl groups is 1. The van der Waals surface area contributed by atoms with E-state index in [4.69, 9.17) is 4.74 Å². The van der Waals surface area contributed by atoms with E-state index in [9.17, 15) is 9.90 Å². The maximum atomic E-state index is 11.7. The summed E-state index contributed by atoms with van der Waals surface area (Å²) in [7, 11) is 0. The minimum absolute atomic E-state index is 0.157. The number of hydrogen-bond acceptors (Lipinski definition) is 3. The van der Waals surface area contributed by atoms with Gasteiger partial charge in [-0.1, -0.05) is 19.9 Å². The zero-order chi connectivity index (χ0) is 12.4. The second-order valence-corrected chi connectivity index (χ2v) is 6.40. The number of esters is 1. The van der Waals surface area contributed by atoms with Gasteiger partial charge < -0.3 is 9.84 Å². The minimum Gasteiger partial charge on any atom is -0.457 e. The van der Waals surface area contributed by atoms with Crippen molar-refractivity contribution in [3.63, 3.8) is 0 Å². The molecule has 1 aliphatic heterocycles. The molecule has 17 heavy (non-hydrogen) atoms. The molecular weight excluding hydrogens is 216 g/mol. The van der Waals surface area contributed by atoms with E-state index in [1.54, 1.807) is 6.92 Å². The van der Waals surface area contributed by atoms with Crippen molar-refractivity contribution in [1.29, 1.82) is 0 Å². The Morgan fingerprint density at radius 1 is 1.35 bits per heavy atom. The monoisotopic (exact) mass is 234 g/mol. The standard InChI is InChI=1S/C14H18O3/c1-13(2)4-8-5-14(3,16)11-10(9(8)6-13)7-17-12(11)15/h6,8,16H,4-5,7H2,1-3H3. The molecule has 0 radical (unpaired) electrons. The van der Waals surface area contributed by atoms with Gasteiger partial charge in [-0.15, -0.1) is 0 Å². The summed E-state index contributed by atoms with van der Waals surface area (Å²) in [6, 6.07) is 0. The van der Waals surface area contributed by atoms with Gasteiger partial charge in [0.05, 0.1) is 11.2 Å². The molecule has 2 atom stereocenters. The van der Waals surface area contributed by atoms with Crippen LogP contribution in [0.5, 0.6) is 0 Å². The number of hydrogen-bond donors (Lipinski definition) is 1. The first kappa shape index (κ1) is 11.0. The van der Waals surface area contributed by atoms with E-state index in [0.717, 1.165) is 12.0 Å². The topological polar surface area (TPSA) is 46.5 Å². The molecule has 3 aliphatic rings. The van der Waals surface area contributed by atoms with Crippen LogP contribution in [-0.4, -0.2) is 23.3 Å². The summed E-state index contributed by atoms with van der Waals surface area (Å²) in [6.45, 7) is 6.47. The van der Waals surface area contributed by atoms with Crippen molar-refractivity contribution in [1.82, 2.24) is 0 Å². The first-order valence-corrected chi connectivity index (χ1v) is 6.16. The van der Waals surface area contributed by atoms with Crippen LogP contribution in [0.3, 0.4) is 0 Å². The highest BCUT2D eigenvalue weighted by atomic mass is 16.5. The molecule has 0 bridgehead atoms. The number of carbonyl (C=O) groups excluding carboxylic acids is 1. The number of carbonyl (C=O) groups is 1. The molecule has 1 heterocycles. The number of ether oxygens (including phenoxy) is 1. The molecule has 0 saturated heterocycles. The predicted octanol–water partition coefficient (Wildman–Crippen LogP) is 1.97. The summed E-state index contributed by atoms with van der Waals surface area (Å²) in [5, 5.41) is 10.4. The Morgan fingerprint density at radius 3 is 2.76 bits per heavy atom.